The molecule has 7 heteroatoms. The van der Waals surface area contributed by atoms with E-state index in [9.17, 15) is 8.42 Å². The molecule has 0 fully saturated rings. The Bertz CT molecular complexity index is 419. The van der Waals surface area contributed by atoms with Crippen LogP contribution in [0.4, 0.5) is 5.69 Å². The molecule has 0 heterocycles. The quantitative estimate of drug-likeness (QED) is 0.553. The summed E-state index contributed by atoms with van der Waals surface area (Å²) < 4.78 is 27.1. The van der Waals surface area contributed by atoms with Gasteiger partial charge in [-0.15, -0.1) is 0 Å². The molecule has 0 aromatic heterocycles. The van der Waals surface area contributed by atoms with E-state index >= 15 is 0 Å². The fourth-order valence-electron chi connectivity index (χ4n) is 0.954. The Labute approximate surface area is 88.3 Å². The zero-order chi connectivity index (χ0) is 11.3. The van der Waals surface area contributed by atoms with Crippen LogP contribution in [0.5, 0.6) is 5.75 Å². The third-order valence-corrected chi connectivity index (χ3v) is 2.62. The number of hydrogen-bond acceptors (Lipinski definition) is 4. The summed E-state index contributed by atoms with van der Waals surface area (Å²) in [4.78, 5) is 0. The highest BCUT2D eigenvalue weighted by molar-refractivity contribution is 7.90. The van der Waals surface area contributed by atoms with Gasteiger partial charge in [0.05, 0.1) is 5.69 Å². The first-order valence-electron chi connectivity index (χ1n) is 4.30. The summed E-state index contributed by atoms with van der Waals surface area (Å²) in [7, 11) is -3.60. The Morgan fingerprint density at radius 3 is 2.73 bits per heavy atom. The van der Waals surface area contributed by atoms with Gasteiger partial charge in [-0.05, 0) is 12.1 Å². The average molecular weight is 231 g/mol. The van der Waals surface area contributed by atoms with Gasteiger partial charge in [0.15, 0.2) is 0 Å². The van der Waals surface area contributed by atoms with Crippen LogP contribution >= 0.6 is 0 Å². The Morgan fingerprint density at radius 1 is 1.40 bits per heavy atom. The van der Waals surface area contributed by atoms with Gasteiger partial charge in [-0.1, -0.05) is 6.07 Å². The van der Waals surface area contributed by atoms with E-state index < -0.39 is 10.2 Å². The molecule has 6 nitrogen and oxygen atoms in total. The second kappa shape index (κ2) is 4.96. The lowest BCUT2D eigenvalue weighted by molar-refractivity contribution is 0.475. The maximum atomic E-state index is 11.3. The standard InChI is InChI=1S/C8H13N3O3S/c9-4-5-10-15(13,14)11-7-2-1-3-8(12)6-7/h1-3,6,10-12H,4-5,9H2. The van der Waals surface area contributed by atoms with Crippen LogP contribution in [-0.4, -0.2) is 26.6 Å². The van der Waals surface area contributed by atoms with Crippen LogP contribution in [0.2, 0.25) is 0 Å². The maximum Gasteiger partial charge on any atom is 0.299 e. The van der Waals surface area contributed by atoms with E-state index in [1.807, 2.05) is 0 Å². The van der Waals surface area contributed by atoms with Crippen LogP contribution in [-0.2, 0) is 10.2 Å². The molecule has 15 heavy (non-hydrogen) atoms. The molecule has 0 aliphatic heterocycles. The summed E-state index contributed by atoms with van der Waals surface area (Å²) in [5, 5.41) is 9.11. The van der Waals surface area contributed by atoms with Crippen molar-refractivity contribution in [2.24, 2.45) is 5.73 Å². The van der Waals surface area contributed by atoms with Gasteiger partial charge in [-0.3, -0.25) is 4.72 Å². The minimum absolute atomic E-state index is 0.00553. The molecule has 0 atom stereocenters. The Kier molecular flexibility index (Phi) is 3.89. The van der Waals surface area contributed by atoms with Gasteiger partial charge in [0, 0.05) is 19.2 Å². The number of aromatic hydroxyl groups is 1. The highest BCUT2D eigenvalue weighted by atomic mass is 32.2. The van der Waals surface area contributed by atoms with Crippen molar-refractivity contribution in [2.45, 2.75) is 0 Å². The van der Waals surface area contributed by atoms with Gasteiger partial charge >= 0.3 is 0 Å². The molecule has 1 aromatic rings. The van der Waals surface area contributed by atoms with Crippen LogP contribution in [0.3, 0.4) is 0 Å². The monoisotopic (exact) mass is 231 g/mol. The Morgan fingerprint density at radius 2 is 2.13 bits per heavy atom. The van der Waals surface area contributed by atoms with Gasteiger partial charge in [-0.25, -0.2) is 0 Å². The first kappa shape index (κ1) is 11.8. The van der Waals surface area contributed by atoms with E-state index in [1.165, 1.54) is 24.3 Å². The molecular formula is C8H13N3O3S. The molecular weight excluding hydrogens is 218 g/mol. The molecule has 0 unspecified atom stereocenters. The van der Waals surface area contributed by atoms with Crippen molar-refractivity contribution >= 4 is 15.9 Å². The highest BCUT2D eigenvalue weighted by Crippen LogP contribution is 2.15. The lowest BCUT2D eigenvalue weighted by Gasteiger charge is -2.08. The fraction of sp³-hybridized carbons (Fsp3) is 0.250. The molecule has 84 valence electrons. The summed E-state index contributed by atoms with van der Waals surface area (Å²) >= 11 is 0. The van der Waals surface area contributed by atoms with Crippen molar-refractivity contribution in [2.75, 3.05) is 17.8 Å². The van der Waals surface area contributed by atoms with Crippen molar-refractivity contribution < 1.29 is 13.5 Å². The zero-order valence-corrected chi connectivity index (χ0v) is 8.79. The highest BCUT2D eigenvalue weighted by Gasteiger charge is 2.08. The van der Waals surface area contributed by atoms with Crippen molar-refractivity contribution in [3.63, 3.8) is 0 Å². The molecule has 1 aromatic carbocycles. The first-order chi connectivity index (χ1) is 7.03. The molecule has 1 rings (SSSR count). The minimum Gasteiger partial charge on any atom is -0.508 e. The van der Waals surface area contributed by atoms with E-state index in [0.717, 1.165) is 0 Å². The molecule has 0 aliphatic rings. The second-order valence-electron chi connectivity index (χ2n) is 2.84. The Hall–Kier alpha value is -1.31. The van der Waals surface area contributed by atoms with Crippen LogP contribution < -0.4 is 15.2 Å². The third-order valence-electron chi connectivity index (χ3n) is 1.53. The number of nitrogens with two attached hydrogens (primary N) is 1. The van der Waals surface area contributed by atoms with Crippen LogP contribution in [0.25, 0.3) is 0 Å². The van der Waals surface area contributed by atoms with Crippen molar-refractivity contribution in [3.05, 3.63) is 24.3 Å². The summed E-state index contributed by atoms with van der Waals surface area (Å²) in [5.74, 6) is -0.00553. The predicted molar refractivity (Wildman–Crippen MR) is 57.7 cm³/mol. The smallest absolute Gasteiger partial charge is 0.299 e. The third kappa shape index (κ3) is 4.15. The molecule has 5 N–H and O–H groups in total. The maximum absolute atomic E-state index is 11.3. The lowest BCUT2D eigenvalue weighted by Crippen LogP contribution is -2.33. The van der Waals surface area contributed by atoms with Crippen LogP contribution in [0.15, 0.2) is 24.3 Å². The topological polar surface area (TPSA) is 104 Å². The molecule has 0 spiro atoms. The van der Waals surface area contributed by atoms with Crippen molar-refractivity contribution in [3.8, 4) is 5.75 Å². The average Bonchev–Trinajstić information content (AvgIpc) is 2.14. The van der Waals surface area contributed by atoms with Crippen LogP contribution in [0.1, 0.15) is 0 Å². The lowest BCUT2D eigenvalue weighted by atomic mass is 10.3. The van der Waals surface area contributed by atoms with Gasteiger partial charge in [0.25, 0.3) is 10.2 Å². The fourth-order valence-corrected chi connectivity index (χ4v) is 1.85. The van der Waals surface area contributed by atoms with Gasteiger partial charge in [-0.2, -0.15) is 13.1 Å². The second-order valence-corrected chi connectivity index (χ2v) is 4.34. The summed E-state index contributed by atoms with van der Waals surface area (Å²) in [6.07, 6.45) is 0. The number of nitrogens with one attached hydrogen (secondary N) is 2. The Balaban J connectivity index is 2.69. The summed E-state index contributed by atoms with van der Waals surface area (Å²) in [5.41, 5.74) is 5.45. The first-order valence-corrected chi connectivity index (χ1v) is 5.78. The molecule has 0 saturated carbocycles. The van der Waals surface area contributed by atoms with E-state index in [-0.39, 0.29) is 18.8 Å². The van der Waals surface area contributed by atoms with Crippen LogP contribution in [0, 0.1) is 0 Å². The number of hydrogen-bond donors (Lipinski definition) is 4. The number of phenolic OH excluding ortho intramolecular Hbond substituents is 1. The van der Waals surface area contributed by atoms with Crippen molar-refractivity contribution in [1.29, 1.82) is 0 Å². The largest absolute Gasteiger partial charge is 0.508 e. The van der Waals surface area contributed by atoms with E-state index in [2.05, 4.69) is 9.44 Å². The minimum atomic E-state index is -3.60. The zero-order valence-electron chi connectivity index (χ0n) is 7.97. The van der Waals surface area contributed by atoms with Crippen molar-refractivity contribution in [1.82, 2.24) is 4.72 Å². The predicted octanol–water partition coefficient (Wildman–Crippen LogP) is -0.403. The molecule has 0 amide bonds. The normalized spacial score (nSPS) is 11.3. The van der Waals surface area contributed by atoms with E-state index in [0.29, 0.717) is 5.69 Å². The number of rotatable bonds is 5. The SMILES string of the molecule is NCCNS(=O)(=O)Nc1cccc(O)c1. The molecule has 0 saturated heterocycles. The number of phenols is 1. The summed E-state index contributed by atoms with van der Waals surface area (Å²) in [6.45, 7) is 0.384. The molecule has 0 bridgehead atoms. The van der Waals surface area contributed by atoms with Gasteiger partial charge in [0.1, 0.15) is 5.75 Å². The molecule has 0 aliphatic carbocycles. The van der Waals surface area contributed by atoms with Gasteiger partial charge in [0.2, 0.25) is 0 Å². The number of anilines is 1. The van der Waals surface area contributed by atoms with E-state index in [4.69, 9.17) is 10.8 Å². The summed E-state index contributed by atoms with van der Waals surface area (Å²) in [6, 6.07) is 5.82. The van der Waals surface area contributed by atoms with Gasteiger partial charge < -0.3 is 10.8 Å². The molecule has 0 radical (unpaired) electrons. The number of benzene rings is 1. The van der Waals surface area contributed by atoms with E-state index in [1.54, 1.807) is 0 Å².